The van der Waals surface area contributed by atoms with Gasteiger partial charge in [0.2, 0.25) is 11.8 Å². The Labute approximate surface area is 178 Å². The van der Waals surface area contributed by atoms with Gasteiger partial charge < -0.3 is 14.5 Å². The minimum Gasteiger partial charge on any atom is -0.378 e. The summed E-state index contributed by atoms with van der Waals surface area (Å²) in [6.07, 6.45) is 0. The molecule has 0 N–H and O–H groups in total. The number of thioether (sulfide) groups is 1. The van der Waals surface area contributed by atoms with Crippen molar-refractivity contribution in [1.29, 1.82) is 0 Å². The highest BCUT2D eigenvalue weighted by Crippen LogP contribution is 2.16. The Balaban J connectivity index is 1.34. The van der Waals surface area contributed by atoms with Gasteiger partial charge >= 0.3 is 0 Å². The first kappa shape index (κ1) is 22.1. The van der Waals surface area contributed by atoms with Crippen LogP contribution in [0.5, 0.6) is 0 Å². The summed E-state index contributed by atoms with van der Waals surface area (Å²) in [4.78, 5) is 30.8. The normalized spacial score (nSPS) is 18.3. The van der Waals surface area contributed by atoms with Crippen LogP contribution in [0.25, 0.3) is 0 Å². The Morgan fingerprint density at radius 1 is 0.897 bits per heavy atom. The van der Waals surface area contributed by atoms with Crippen molar-refractivity contribution in [2.24, 2.45) is 0 Å². The molecule has 0 aromatic heterocycles. The second-order valence-corrected chi connectivity index (χ2v) is 9.02. The maximum absolute atomic E-state index is 12.5. The zero-order valence-electron chi connectivity index (χ0n) is 17.6. The maximum atomic E-state index is 12.5. The predicted molar refractivity (Wildman–Crippen MR) is 117 cm³/mol. The molecule has 1 aromatic carbocycles. The number of morpholine rings is 1. The Hall–Kier alpha value is -1.57. The Morgan fingerprint density at radius 3 is 2.00 bits per heavy atom. The standard InChI is InChI=1S/C22H33N3O3S/c1-18(2)20-5-3-19(4-6-20)15-23-7-9-24(10-8-23)21(26)16-29-17-22(27)25-11-13-28-14-12-25/h3-6,18H,7-17H2,1-2H3. The van der Waals surface area contributed by atoms with Crippen LogP contribution in [0.3, 0.4) is 0 Å². The van der Waals surface area contributed by atoms with Gasteiger partial charge in [0, 0.05) is 45.8 Å². The number of carbonyl (C=O) groups excluding carboxylic acids is 2. The van der Waals surface area contributed by atoms with Crippen LogP contribution in [0.15, 0.2) is 24.3 Å². The van der Waals surface area contributed by atoms with Crippen molar-refractivity contribution in [3.63, 3.8) is 0 Å². The number of carbonyl (C=O) groups is 2. The van der Waals surface area contributed by atoms with Crippen LogP contribution in [0.4, 0.5) is 0 Å². The topological polar surface area (TPSA) is 53.1 Å². The van der Waals surface area contributed by atoms with Crippen LogP contribution in [0.2, 0.25) is 0 Å². The van der Waals surface area contributed by atoms with E-state index in [1.807, 2.05) is 9.80 Å². The highest BCUT2D eigenvalue weighted by atomic mass is 32.2. The molecule has 2 saturated heterocycles. The van der Waals surface area contributed by atoms with Gasteiger partial charge in [-0.1, -0.05) is 38.1 Å². The SMILES string of the molecule is CC(C)c1ccc(CN2CCN(C(=O)CSCC(=O)N3CCOCC3)CC2)cc1. The van der Waals surface area contributed by atoms with Gasteiger partial charge in [-0.25, -0.2) is 0 Å². The lowest BCUT2D eigenvalue weighted by Gasteiger charge is -2.34. The number of hydrogen-bond acceptors (Lipinski definition) is 5. The second-order valence-electron chi connectivity index (χ2n) is 8.04. The minimum absolute atomic E-state index is 0.111. The van der Waals surface area contributed by atoms with Crippen LogP contribution in [0, 0.1) is 0 Å². The summed E-state index contributed by atoms with van der Waals surface area (Å²) in [5.74, 6) is 1.57. The van der Waals surface area contributed by atoms with Crippen molar-refractivity contribution in [3.8, 4) is 0 Å². The monoisotopic (exact) mass is 419 g/mol. The van der Waals surface area contributed by atoms with Crippen LogP contribution in [-0.4, -0.2) is 90.5 Å². The highest BCUT2D eigenvalue weighted by Gasteiger charge is 2.22. The molecular formula is C22H33N3O3S. The number of piperazine rings is 1. The van der Waals surface area contributed by atoms with E-state index in [0.717, 1.165) is 32.7 Å². The van der Waals surface area contributed by atoms with Crippen LogP contribution in [-0.2, 0) is 20.9 Å². The summed E-state index contributed by atoms with van der Waals surface area (Å²) in [5, 5.41) is 0. The molecule has 2 amide bonds. The molecule has 0 aliphatic carbocycles. The molecule has 0 unspecified atom stereocenters. The molecule has 160 valence electrons. The first-order chi connectivity index (χ1) is 14.0. The van der Waals surface area contributed by atoms with Gasteiger partial charge in [-0.05, 0) is 17.0 Å². The Kier molecular flexibility index (Phi) is 8.39. The molecule has 2 heterocycles. The van der Waals surface area contributed by atoms with Crippen LogP contribution < -0.4 is 0 Å². The minimum atomic E-state index is 0.111. The van der Waals surface area contributed by atoms with Gasteiger partial charge in [0.15, 0.2) is 0 Å². The first-order valence-corrected chi connectivity index (χ1v) is 11.7. The number of nitrogens with zero attached hydrogens (tertiary/aromatic N) is 3. The molecule has 3 rings (SSSR count). The van der Waals surface area contributed by atoms with Gasteiger partial charge in [-0.3, -0.25) is 14.5 Å². The highest BCUT2D eigenvalue weighted by molar-refractivity contribution is 8.00. The van der Waals surface area contributed by atoms with Crippen molar-refractivity contribution in [2.45, 2.75) is 26.3 Å². The molecule has 2 fully saturated rings. The number of hydrogen-bond donors (Lipinski definition) is 0. The van der Waals surface area contributed by atoms with Crippen LogP contribution >= 0.6 is 11.8 Å². The third-order valence-electron chi connectivity index (χ3n) is 5.59. The van der Waals surface area contributed by atoms with Crippen molar-refractivity contribution < 1.29 is 14.3 Å². The number of benzene rings is 1. The second kappa shape index (κ2) is 11.0. The van der Waals surface area contributed by atoms with E-state index in [1.54, 1.807) is 0 Å². The fourth-order valence-electron chi connectivity index (χ4n) is 3.64. The van der Waals surface area contributed by atoms with Gasteiger partial charge in [0.25, 0.3) is 0 Å². The summed E-state index contributed by atoms with van der Waals surface area (Å²) >= 11 is 1.43. The third-order valence-corrected chi connectivity index (χ3v) is 6.49. The summed E-state index contributed by atoms with van der Waals surface area (Å²) in [7, 11) is 0. The fourth-order valence-corrected chi connectivity index (χ4v) is 4.46. The smallest absolute Gasteiger partial charge is 0.232 e. The van der Waals surface area contributed by atoms with Crippen molar-refractivity contribution in [1.82, 2.24) is 14.7 Å². The van der Waals surface area contributed by atoms with E-state index < -0.39 is 0 Å². The summed E-state index contributed by atoms with van der Waals surface area (Å²) < 4.78 is 5.27. The van der Waals surface area contributed by atoms with E-state index >= 15 is 0 Å². The van der Waals surface area contributed by atoms with E-state index in [9.17, 15) is 9.59 Å². The van der Waals surface area contributed by atoms with Gasteiger partial charge in [0.1, 0.15) is 0 Å². The number of amides is 2. The van der Waals surface area contributed by atoms with E-state index in [1.165, 1.54) is 22.9 Å². The fraction of sp³-hybridized carbons (Fsp3) is 0.636. The molecule has 0 atom stereocenters. The number of ether oxygens (including phenoxy) is 1. The molecule has 2 aliphatic heterocycles. The van der Waals surface area contributed by atoms with Crippen molar-refractivity contribution in [2.75, 3.05) is 64.0 Å². The lowest BCUT2D eigenvalue weighted by Crippen LogP contribution is -2.49. The largest absolute Gasteiger partial charge is 0.378 e. The van der Waals surface area contributed by atoms with Crippen molar-refractivity contribution in [3.05, 3.63) is 35.4 Å². The lowest BCUT2D eigenvalue weighted by atomic mass is 10.0. The molecule has 7 heteroatoms. The predicted octanol–water partition coefficient (Wildman–Crippen LogP) is 2.05. The molecular weight excluding hydrogens is 386 g/mol. The summed E-state index contributed by atoms with van der Waals surface area (Å²) in [6.45, 7) is 11.2. The zero-order chi connectivity index (χ0) is 20.6. The van der Waals surface area contributed by atoms with Gasteiger partial charge in [-0.2, -0.15) is 0 Å². The van der Waals surface area contributed by atoms with E-state index in [-0.39, 0.29) is 11.8 Å². The average molecular weight is 420 g/mol. The molecule has 6 nitrogen and oxygen atoms in total. The first-order valence-electron chi connectivity index (χ1n) is 10.5. The van der Waals surface area contributed by atoms with Gasteiger partial charge in [-0.15, -0.1) is 11.8 Å². The molecule has 0 bridgehead atoms. The Morgan fingerprint density at radius 2 is 1.45 bits per heavy atom. The van der Waals surface area contributed by atoms with E-state index in [2.05, 4.69) is 43.0 Å². The lowest BCUT2D eigenvalue weighted by molar-refractivity contribution is -0.132. The molecule has 0 spiro atoms. The third kappa shape index (κ3) is 6.73. The van der Waals surface area contributed by atoms with Crippen molar-refractivity contribution >= 4 is 23.6 Å². The van der Waals surface area contributed by atoms with E-state index in [0.29, 0.717) is 43.7 Å². The average Bonchev–Trinajstić information content (AvgIpc) is 2.75. The summed E-state index contributed by atoms with van der Waals surface area (Å²) in [5.41, 5.74) is 2.69. The number of rotatable bonds is 7. The molecule has 0 saturated carbocycles. The summed E-state index contributed by atoms with van der Waals surface area (Å²) in [6, 6.07) is 8.87. The quantitative estimate of drug-likeness (QED) is 0.677. The maximum Gasteiger partial charge on any atom is 0.232 e. The van der Waals surface area contributed by atoms with E-state index in [4.69, 9.17) is 4.74 Å². The molecule has 29 heavy (non-hydrogen) atoms. The van der Waals surface area contributed by atoms with Gasteiger partial charge in [0.05, 0.1) is 24.7 Å². The Bertz CT molecular complexity index is 666. The molecule has 1 aromatic rings. The molecule has 0 radical (unpaired) electrons. The zero-order valence-corrected chi connectivity index (χ0v) is 18.5. The van der Waals surface area contributed by atoms with Crippen LogP contribution in [0.1, 0.15) is 30.9 Å². The molecule has 2 aliphatic rings.